The summed E-state index contributed by atoms with van der Waals surface area (Å²) in [4.78, 5) is 2.23. The summed E-state index contributed by atoms with van der Waals surface area (Å²) >= 11 is 0. The Labute approximate surface area is 143 Å². The first-order chi connectivity index (χ1) is 11.5. The van der Waals surface area contributed by atoms with Crippen molar-refractivity contribution in [2.45, 2.75) is 12.7 Å². The smallest absolute Gasteiger partial charge is 0.236 e. The molecular weight excluding hydrogens is 324 g/mol. The number of nitrogens with one attached hydrogen (secondary N) is 1. The number of benzene rings is 2. The molecule has 6 heteroatoms. The van der Waals surface area contributed by atoms with Crippen LogP contribution in [0.1, 0.15) is 11.1 Å². The Morgan fingerprint density at radius 2 is 1.71 bits per heavy atom. The van der Waals surface area contributed by atoms with Crippen LogP contribution >= 0.6 is 0 Å². The van der Waals surface area contributed by atoms with Crippen LogP contribution in [-0.4, -0.2) is 34.7 Å². The minimum absolute atomic E-state index is 0.0229. The summed E-state index contributed by atoms with van der Waals surface area (Å²) in [5.41, 5.74) is 3.46. The quantitative estimate of drug-likeness (QED) is 0.904. The lowest BCUT2D eigenvalue weighted by Gasteiger charge is -2.28. The van der Waals surface area contributed by atoms with E-state index in [0.29, 0.717) is 5.69 Å². The van der Waals surface area contributed by atoms with Crippen LogP contribution in [0.25, 0.3) is 0 Å². The zero-order valence-electron chi connectivity index (χ0n) is 13.7. The molecule has 0 radical (unpaired) electrons. The van der Waals surface area contributed by atoms with Crippen LogP contribution in [0.15, 0.2) is 48.5 Å². The Morgan fingerprint density at radius 3 is 2.38 bits per heavy atom. The van der Waals surface area contributed by atoms with Gasteiger partial charge in [0.2, 0.25) is 10.0 Å². The SMILES string of the molecule is Cc1ccccc1CS(=O)(=O)Nc1ccc(N2CCOCC2)cc1. The summed E-state index contributed by atoms with van der Waals surface area (Å²) in [5, 5.41) is 0. The highest BCUT2D eigenvalue weighted by Gasteiger charge is 2.14. The molecule has 128 valence electrons. The maximum absolute atomic E-state index is 12.4. The van der Waals surface area contributed by atoms with Gasteiger partial charge in [-0.2, -0.15) is 0 Å². The van der Waals surface area contributed by atoms with Crippen LogP contribution in [-0.2, 0) is 20.5 Å². The van der Waals surface area contributed by atoms with Crippen LogP contribution in [0, 0.1) is 6.92 Å². The van der Waals surface area contributed by atoms with Crippen molar-refractivity contribution < 1.29 is 13.2 Å². The average Bonchev–Trinajstić information content (AvgIpc) is 2.58. The predicted octanol–water partition coefficient (Wildman–Crippen LogP) is 2.77. The fourth-order valence-electron chi connectivity index (χ4n) is 2.75. The van der Waals surface area contributed by atoms with E-state index < -0.39 is 10.0 Å². The van der Waals surface area contributed by atoms with E-state index in [1.807, 2.05) is 43.3 Å². The minimum Gasteiger partial charge on any atom is -0.378 e. The van der Waals surface area contributed by atoms with Gasteiger partial charge in [0.25, 0.3) is 0 Å². The Morgan fingerprint density at radius 1 is 1.04 bits per heavy atom. The molecule has 0 saturated carbocycles. The second kappa shape index (κ2) is 7.23. The van der Waals surface area contributed by atoms with E-state index in [1.165, 1.54) is 0 Å². The molecule has 0 unspecified atom stereocenters. The normalized spacial score (nSPS) is 15.3. The third-order valence-corrected chi connectivity index (χ3v) is 5.36. The van der Waals surface area contributed by atoms with Crippen molar-refractivity contribution in [2.75, 3.05) is 35.9 Å². The largest absolute Gasteiger partial charge is 0.378 e. The molecule has 0 aliphatic carbocycles. The van der Waals surface area contributed by atoms with Crippen LogP contribution < -0.4 is 9.62 Å². The molecular formula is C18H22N2O3S. The molecule has 1 aliphatic rings. The molecule has 1 fully saturated rings. The molecule has 0 atom stereocenters. The van der Waals surface area contributed by atoms with Crippen molar-refractivity contribution in [3.63, 3.8) is 0 Å². The lowest BCUT2D eigenvalue weighted by atomic mass is 10.1. The summed E-state index contributed by atoms with van der Waals surface area (Å²) in [6.45, 7) is 5.09. The molecule has 0 aromatic heterocycles. The van der Waals surface area contributed by atoms with Gasteiger partial charge in [0, 0.05) is 24.5 Å². The van der Waals surface area contributed by atoms with Crippen molar-refractivity contribution in [3.05, 3.63) is 59.7 Å². The van der Waals surface area contributed by atoms with Crippen LogP contribution in [0.5, 0.6) is 0 Å². The number of morpholine rings is 1. The lowest BCUT2D eigenvalue weighted by molar-refractivity contribution is 0.122. The van der Waals surface area contributed by atoms with Crippen LogP contribution in [0.2, 0.25) is 0 Å². The molecule has 5 nitrogen and oxygen atoms in total. The number of nitrogens with zero attached hydrogens (tertiary/aromatic N) is 1. The second-order valence-electron chi connectivity index (χ2n) is 5.93. The highest BCUT2D eigenvalue weighted by atomic mass is 32.2. The van der Waals surface area contributed by atoms with Gasteiger partial charge in [0.15, 0.2) is 0 Å². The average molecular weight is 346 g/mol. The molecule has 0 spiro atoms. The first-order valence-corrected chi connectivity index (χ1v) is 9.66. The van der Waals surface area contributed by atoms with Crippen molar-refractivity contribution in [3.8, 4) is 0 Å². The summed E-state index contributed by atoms with van der Waals surface area (Å²) in [5.74, 6) is -0.0229. The molecule has 1 saturated heterocycles. The van der Waals surface area contributed by atoms with E-state index >= 15 is 0 Å². The van der Waals surface area contributed by atoms with Gasteiger partial charge in [0.05, 0.1) is 19.0 Å². The second-order valence-corrected chi connectivity index (χ2v) is 7.66. The minimum atomic E-state index is -3.43. The first-order valence-electron chi connectivity index (χ1n) is 8.01. The number of ether oxygens (including phenoxy) is 1. The zero-order chi connectivity index (χ0) is 17.0. The van der Waals surface area contributed by atoms with Gasteiger partial charge in [-0.25, -0.2) is 8.42 Å². The Balaban J connectivity index is 1.67. The highest BCUT2D eigenvalue weighted by Crippen LogP contribution is 2.21. The van der Waals surface area contributed by atoms with Gasteiger partial charge in [-0.3, -0.25) is 4.72 Å². The Bertz CT molecular complexity index is 782. The standard InChI is InChI=1S/C18H22N2O3S/c1-15-4-2-3-5-16(15)14-24(21,22)19-17-6-8-18(9-7-17)20-10-12-23-13-11-20/h2-9,19H,10-14H2,1H3. The van der Waals surface area contributed by atoms with E-state index in [2.05, 4.69) is 9.62 Å². The van der Waals surface area contributed by atoms with Gasteiger partial charge >= 0.3 is 0 Å². The number of aryl methyl sites for hydroxylation is 1. The van der Waals surface area contributed by atoms with Gasteiger partial charge in [-0.05, 0) is 42.3 Å². The third kappa shape index (κ3) is 4.27. The fourth-order valence-corrected chi connectivity index (χ4v) is 4.05. The maximum Gasteiger partial charge on any atom is 0.236 e. The van der Waals surface area contributed by atoms with Crippen LogP contribution in [0.3, 0.4) is 0 Å². The van der Waals surface area contributed by atoms with E-state index in [1.54, 1.807) is 12.1 Å². The van der Waals surface area contributed by atoms with E-state index in [-0.39, 0.29) is 5.75 Å². The lowest BCUT2D eigenvalue weighted by Crippen LogP contribution is -2.36. The number of rotatable bonds is 5. The summed E-state index contributed by atoms with van der Waals surface area (Å²) in [6.07, 6.45) is 0. The zero-order valence-corrected chi connectivity index (χ0v) is 14.6. The number of anilines is 2. The van der Waals surface area contributed by atoms with Gasteiger partial charge in [-0.1, -0.05) is 24.3 Å². The topological polar surface area (TPSA) is 58.6 Å². The fraction of sp³-hybridized carbons (Fsp3) is 0.333. The molecule has 1 N–H and O–H groups in total. The molecule has 3 rings (SSSR count). The predicted molar refractivity (Wildman–Crippen MR) is 96.9 cm³/mol. The molecule has 24 heavy (non-hydrogen) atoms. The monoisotopic (exact) mass is 346 g/mol. The van der Waals surface area contributed by atoms with Crippen molar-refractivity contribution >= 4 is 21.4 Å². The van der Waals surface area contributed by atoms with Gasteiger partial charge in [0.1, 0.15) is 0 Å². The van der Waals surface area contributed by atoms with Crippen LogP contribution in [0.4, 0.5) is 11.4 Å². The summed E-state index contributed by atoms with van der Waals surface area (Å²) < 4.78 is 32.7. The summed E-state index contributed by atoms with van der Waals surface area (Å²) in [7, 11) is -3.43. The van der Waals surface area contributed by atoms with Gasteiger partial charge in [-0.15, -0.1) is 0 Å². The summed E-state index contributed by atoms with van der Waals surface area (Å²) in [6, 6.07) is 15.0. The Hall–Kier alpha value is -2.05. The molecule has 2 aromatic carbocycles. The molecule has 1 heterocycles. The molecule has 0 bridgehead atoms. The third-order valence-electron chi connectivity index (χ3n) is 4.12. The maximum atomic E-state index is 12.4. The number of hydrogen-bond acceptors (Lipinski definition) is 4. The van der Waals surface area contributed by atoms with Gasteiger partial charge < -0.3 is 9.64 Å². The highest BCUT2D eigenvalue weighted by molar-refractivity contribution is 7.91. The molecule has 0 amide bonds. The molecule has 2 aromatic rings. The van der Waals surface area contributed by atoms with E-state index in [4.69, 9.17) is 4.74 Å². The number of sulfonamides is 1. The molecule has 1 aliphatic heterocycles. The van der Waals surface area contributed by atoms with Crippen molar-refractivity contribution in [2.24, 2.45) is 0 Å². The Kier molecular flexibility index (Phi) is 5.06. The first kappa shape index (κ1) is 16.8. The van der Waals surface area contributed by atoms with E-state index in [9.17, 15) is 8.42 Å². The van der Waals surface area contributed by atoms with Crippen molar-refractivity contribution in [1.82, 2.24) is 0 Å². The van der Waals surface area contributed by atoms with Crippen molar-refractivity contribution in [1.29, 1.82) is 0 Å². The van der Waals surface area contributed by atoms with E-state index in [0.717, 1.165) is 43.1 Å². The number of hydrogen-bond donors (Lipinski definition) is 1.